The Labute approximate surface area is 230 Å². The lowest BCUT2D eigenvalue weighted by atomic mass is 9.82. The highest BCUT2D eigenvalue weighted by Gasteiger charge is 2.32. The molecule has 2 fully saturated rings. The lowest BCUT2D eigenvalue weighted by Crippen LogP contribution is -2.49. The van der Waals surface area contributed by atoms with Crippen LogP contribution in [0.4, 0.5) is 0 Å². The van der Waals surface area contributed by atoms with Crippen molar-refractivity contribution in [2.24, 2.45) is 0 Å². The van der Waals surface area contributed by atoms with E-state index in [1.165, 1.54) is 39.0 Å². The molecule has 1 aliphatic heterocycles. The first-order chi connectivity index (χ1) is 17.9. The molecule has 7 nitrogen and oxygen atoms in total. The van der Waals surface area contributed by atoms with Crippen LogP contribution in [-0.2, 0) is 17.9 Å². The summed E-state index contributed by atoms with van der Waals surface area (Å²) >= 11 is 13.6. The predicted octanol–water partition coefficient (Wildman–Crippen LogP) is 5.26. The number of hydrogen-bond donors (Lipinski definition) is 0. The Balaban J connectivity index is 1.56. The number of aromatic nitrogens is 3. The number of halogens is 2. The average molecular weight is 548 g/mol. The van der Waals surface area contributed by atoms with Gasteiger partial charge in [0.2, 0.25) is 0 Å². The molecule has 1 saturated heterocycles. The van der Waals surface area contributed by atoms with Gasteiger partial charge in [-0.3, -0.25) is 4.90 Å². The van der Waals surface area contributed by atoms with Crippen LogP contribution in [0.15, 0.2) is 12.1 Å². The molecule has 0 spiro atoms. The Morgan fingerprint density at radius 3 is 2.35 bits per heavy atom. The predicted molar refractivity (Wildman–Crippen MR) is 153 cm³/mol. The van der Waals surface area contributed by atoms with Gasteiger partial charge in [0.1, 0.15) is 17.9 Å². The van der Waals surface area contributed by atoms with Crippen molar-refractivity contribution in [2.45, 2.75) is 57.7 Å². The highest BCUT2D eigenvalue weighted by Crippen LogP contribution is 2.42. The van der Waals surface area contributed by atoms with Gasteiger partial charge < -0.3 is 19.1 Å². The van der Waals surface area contributed by atoms with Gasteiger partial charge >= 0.3 is 0 Å². The van der Waals surface area contributed by atoms with Gasteiger partial charge in [0.15, 0.2) is 0 Å². The maximum absolute atomic E-state index is 6.82. The molecule has 0 bridgehead atoms. The van der Waals surface area contributed by atoms with Gasteiger partial charge in [-0.25, -0.2) is 9.97 Å². The molecule has 37 heavy (non-hydrogen) atoms. The molecule has 2 aromatic heterocycles. The number of likely N-dealkylation sites (N-methyl/N-ethyl adjacent to an activating group) is 2. The normalized spacial score (nSPS) is 22.0. The van der Waals surface area contributed by atoms with Crippen molar-refractivity contribution >= 4 is 45.1 Å². The minimum absolute atomic E-state index is 0.364. The third kappa shape index (κ3) is 5.63. The van der Waals surface area contributed by atoms with Crippen LogP contribution in [0.2, 0.25) is 10.0 Å². The molecule has 1 aromatic carbocycles. The zero-order chi connectivity index (χ0) is 26.1. The van der Waals surface area contributed by atoms with Gasteiger partial charge in [-0.2, -0.15) is 0 Å². The van der Waals surface area contributed by atoms with E-state index in [9.17, 15) is 0 Å². The highest BCUT2D eigenvalue weighted by molar-refractivity contribution is 6.41. The van der Waals surface area contributed by atoms with Gasteiger partial charge in [0, 0.05) is 63.2 Å². The number of rotatable bonds is 8. The molecule has 9 heteroatoms. The molecule has 3 heterocycles. The van der Waals surface area contributed by atoms with Crippen molar-refractivity contribution in [3.05, 3.63) is 33.7 Å². The smallest absolute Gasteiger partial charge is 0.136 e. The Kier molecular flexibility index (Phi) is 8.59. The summed E-state index contributed by atoms with van der Waals surface area (Å²) < 4.78 is 8.14. The largest absolute Gasteiger partial charge is 0.374 e. The summed E-state index contributed by atoms with van der Waals surface area (Å²) in [7, 11) is 6.41. The van der Waals surface area contributed by atoms with E-state index in [0.29, 0.717) is 35.2 Å². The number of ether oxygens (including phenoxy) is 1. The Morgan fingerprint density at radius 2 is 1.68 bits per heavy atom. The summed E-state index contributed by atoms with van der Waals surface area (Å²) in [6.07, 6.45) is 4.64. The topological polar surface area (TPSA) is 49.7 Å². The molecule has 3 aromatic rings. The summed E-state index contributed by atoms with van der Waals surface area (Å²) in [5, 5.41) is 2.20. The number of nitrogens with zero attached hydrogens (tertiary/aromatic N) is 6. The molecule has 202 valence electrons. The lowest BCUT2D eigenvalue weighted by Gasteiger charge is -2.41. The maximum Gasteiger partial charge on any atom is 0.136 e. The minimum atomic E-state index is 0.364. The van der Waals surface area contributed by atoms with E-state index in [-0.39, 0.29) is 0 Å². The second-order valence-electron chi connectivity index (χ2n) is 10.9. The Bertz CT molecular complexity index is 1230. The van der Waals surface area contributed by atoms with Crippen molar-refractivity contribution < 1.29 is 4.74 Å². The fourth-order valence-electron chi connectivity index (χ4n) is 6.01. The molecule has 0 N–H and O–H groups in total. The van der Waals surface area contributed by atoms with E-state index in [1.54, 1.807) is 0 Å². The zero-order valence-electron chi connectivity index (χ0n) is 22.6. The minimum Gasteiger partial charge on any atom is -0.374 e. The first-order valence-corrected chi connectivity index (χ1v) is 14.4. The average Bonchev–Trinajstić information content (AvgIpc) is 3.26. The molecule has 0 atom stereocenters. The van der Waals surface area contributed by atoms with Crippen LogP contribution in [0.25, 0.3) is 21.9 Å². The van der Waals surface area contributed by atoms with Gasteiger partial charge in [-0.1, -0.05) is 23.2 Å². The van der Waals surface area contributed by atoms with Gasteiger partial charge in [-0.15, -0.1) is 0 Å². The number of fused-ring (bicyclic) bond motifs is 3. The van der Waals surface area contributed by atoms with Crippen molar-refractivity contribution in [2.75, 3.05) is 60.5 Å². The molecule has 0 radical (unpaired) electrons. The number of benzene rings is 1. The van der Waals surface area contributed by atoms with Crippen LogP contribution in [0, 0.1) is 0 Å². The standard InChI is InChI=1S/C28H40Cl2N6O/c1-5-37-18-23-31-27-25(19-6-8-20(9-7-19)35-15-13-34(4)14-16-35)32-26-22(30)11-10-21(29)24(26)28(27)36(23)17-12-33(2)3/h10-11,19-20H,5-9,12-18H2,1-4H3. The van der Waals surface area contributed by atoms with Gasteiger partial charge in [-0.05, 0) is 65.9 Å². The van der Waals surface area contributed by atoms with Gasteiger partial charge in [0.25, 0.3) is 0 Å². The molecule has 1 aliphatic carbocycles. The SMILES string of the molecule is CCOCc1nc2c(C3CCC(N4CCN(C)CC4)CC3)nc3c(Cl)ccc(Cl)c3c2n1CCN(C)C. The molecular formula is C28H40Cl2N6O. The van der Waals surface area contributed by atoms with Crippen molar-refractivity contribution in [3.8, 4) is 0 Å². The van der Waals surface area contributed by atoms with Crippen LogP contribution in [0.5, 0.6) is 0 Å². The van der Waals surface area contributed by atoms with Crippen molar-refractivity contribution in [1.29, 1.82) is 0 Å². The molecule has 0 unspecified atom stereocenters. The van der Waals surface area contributed by atoms with Crippen LogP contribution < -0.4 is 0 Å². The number of piperazine rings is 1. The number of imidazole rings is 1. The van der Waals surface area contributed by atoms with E-state index in [1.807, 2.05) is 19.1 Å². The molecule has 0 amide bonds. The summed E-state index contributed by atoms with van der Waals surface area (Å²) in [6, 6.07) is 4.41. The summed E-state index contributed by atoms with van der Waals surface area (Å²) in [6.45, 7) is 9.49. The first-order valence-electron chi connectivity index (χ1n) is 13.7. The highest BCUT2D eigenvalue weighted by atomic mass is 35.5. The van der Waals surface area contributed by atoms with E-state index in [4.69, 9.17) is 37.9 Å². The van der Waals surface area contributed by atoms with E-state index in [2.05, 4.69) is 40.4 Å². The van der Waals surface area contributed by atoms with Crippen LogP contribution in [-0.4, -0.2) is 95.8 Å². The second kappa shape index (κ2) is 11.7. The van der Waals surface area contributed by atoms with E-state index < -0.39 is 0 Å². The zero-order valence-corrected chi connectivity index (χ0v) is 24.2. The fraction of sp³-hybridized carbons (Fsp3) is 0.643. The summed E-state index contributed by atoms with van der Waals surface area (Å²) in [5.74, 6) is 1.29. The fourth-order valence-corrected chi connectivity index (χ4v) is 6.45. The number of hydrogen-bond acceptors (Lipinski definition) is 6. The van der Waals surface area contributed by atoms with Crippen molar-refractivity contribution in [3.63, 3.8) is 0 Å². The molecule has 2 aliphatic rings. The van der Waals surface area contributed by atoms with Crippen molar-refractivity contribution in [1.82, 2.24) is 29.2 Å². The Hall–Kier alpha value is -1.48. The second-order valence-corrected chi connectivity index (χ2v) is 11.7. The van der Waals surface area contributed by atoms with Crippen LogP contribution in [0.1, 0.15) is 50.0 Å². The first kappa shape index (κ1) is 27.1. The Morgan fingerprint density at radius 1 is 0.973 bits per heavy atom. The third-order valence-corrected chi connectivity index (χ3v) is 8.80. The maximum atomic E-state index is 6.82. The van der Waals surface area contributed by atoms with Crippen LogP contribution >= 0.6 is 23.2 Å². The lowest BCUT2D eigenvalue weighted by molar-refractivity contribution is 0.0877. The summed E-state index contributed by atoms with van der Waals surface area (Å²) in [4.78, 5) is 17.7. The van der Waals surface area contributed by atoms with E-state index >= 15 is 0 Å². The molecular weight excluding hydrogens is 507 g/mol. The molecule has 1 saturated carbocycles. The monoisotopic (exact) mass is 546 g/mol. The van der Waals surface area contributed by atoms with Gasteiger partial charge in [0.05, 0.1) is 26.8 Å². The van der Waals surface area contributed by atoms with E-state index in [0.717, 1.165) is 59.4 Å². The quantitative estimate of drug-likeness (QED) is 0.384. The summed E-state index contributed by atoms with van der Waals surface area (Å²) in [5.41, 5.74) is 3.87. The van der Waals surface area contributed by atoms with Crippen LogP contribution in [0.3, 0.4) is 0 Å². The third-order valence-electron chi connectivity index (χ3n) is 8.18. The molecule has 5 rings (SSSR count). The number of pyridine rings is 1.